The molecule has 3 aromatic heterocycles. The molecular formula is C15H15N5O. The average Bonchev–Trinajstić information content (AvgIpc) is 2.47. The Morgan fingerprint density at radius 3 is 2.62 bits per heavy atom. The van der Waals surface area contributed by atoms with Crippen LogP contribution in [0.25, 0.3) is 22.0 Å². The van der Waals surface area contributed by atoms with Crippen LogP contribution in [0.4, 0.5) is 11.6 Å². The number of methoxy groups -OCH3 is 1. The number of nitrogens with two attached hydrogens (primary N) is 2. The van der Waals surface area contributed by atoms with Crippen molar-refractivity contribution in [3.63, 3.8) is 0 Å². The summed E-state index contributed by atoms with van der Waals surface area (Å²) in [5, 5.41) is 1.69. The summed E-state index contributed by atoms with van der Waals surface area (Å²) in [5.41, 5.74) is 14.4. The zero-order chi connectivity index (χ0) is 15.0. The zero-order valence-electron chi connectivity index (χ0n) is 11.8. The molecule has 3 aromatic rings. The minimum absolute atomic E-state index is 0.421. The largest absolute Gasteiger partial charge is 0.481 e. The number of rotatable bonds is 2. The van der Waals surface area contributed by atoms with Crippen LogP contribution in [-0.2, 0) is 0 Å². The molecular weight excluding hydrogens is 266 g/mol. The number of fused-ring (bicyclic) bond motifs is 1. The highest BCUT2D eigenvalue weighted by atomic mass is 16.5. The molecule has 0 bridgehead atoms. The highest BCUT2D eigenvalue weighted by Gasteiger charge is 2.10. The molecule has 0 amide bonds. The predicted octanol–water partition coefficient (Wildman–Crippen LogP) is 2.17. The average molecular weight is 281 g/mol. The number of hydrogen-bond acceptors (Lipinski definition) is 6. The number of aromatic nitrogens is 3. The summed E-state index contributed by atoms with van der Waals surface area (Å²) < 4.78 is 5.17. The summed E-state index contributed by atoms with van der Waals surface area (Å²) in [6.45, 7) is 1.96. The number of hydrogen-bond donors (Lipinski definition) is 2. The molecule has 3 heterocycles. The van der Waals surface area contributed by atoms with Gasteiger partial charge in [0.15, 0.2) is 0 Å². The van der Waals surface area contributed by atoms with Crippen LogP contribution in [0.2, 0.25) is 0 Å². The summed E-state index contributed by atoms with van der Waals surface area (Å²) in [7, 11) is 1.58. The summed E-state index contributed by atoms with van der Waals surface area (Å²) in [6.07, 6.45) is 3.38. The molecule has 0 spiro atoms. The molecule has 106 valence electrons. The van der Waals surface area contributed by atoms with Gasteiger partial charge in [0.25, 0.3) is 0 Å². The monoisotopic (exact) mass is 281 g/mol. The molecule has 0 aliphatic carbocycles. The molecule has 0 aliphatic rings. The van der Waals surface area contributed by atoms with Crippen molar-refractivity contribution < 1.29 is 4.74 Å². The van der Waals surface area contributed by atoms with E-state index in [4.69, 9.17) is 16.2 Å². The zero-order valence-corrected chi connectivity index (χ0v) is 11.8. The van der Waals surface area contributed by atoms with E-state index in [1.807, 2.05) is 19.1 Å². The van der Waals surface area contributed by atoms with Gasteiger partial charge in [0, 0.05) is 29.4 Å². The highest BCUT2D eigenvalue weighted by Crippen LogP contribution is 2.29. The standard InChI is InChI=1S/C15H15N5O/c1-8-6-19-14(21-2)5-10(8)12-3-9-4-13(16)18-7-11(9)15(17)20-12/h3-7H,1-2H3,(H2,16,18)(H2,17,20). The fourth-order valence-electron chi connectivity index (χ4n) is 2.22. The molecule has 0 aromatic carbocycles. The van der Waals surface area contributed by atoms with Crippen LogP contribution in [0, 0.1) is 6.92 Å². The lowest BCUT2D eigenvalue weighted by atomic mass is 10.1. The minimum Gasteiger partial charge on any atom is -0.481 e. The van der Waals surface area contributed by atoms with Gasteiger partial charge in [-0.1, -0.05) is 0 Å². The molecule has 6 heteroatoms. The first-order chi connectivity index (χ1) is 10.1. The number of ether oxygens (including phenoxy) is 1. The number of nitrogen functional groups attached to an aromatic ring is 2. The van der Waals surface area contributed by atoms with Gasteiger partial charge in [-0.2, -0.15) is 0 Å². The van der Waals surface area contributed by atoms with Crippen LogP contribution in [0.5, 0.6) is 5.88 Å². The third-order valence-electron chi connectivity index (χ3n) is 3.33. The summed E-state index contributed by atoms with van der Waals surface area (Å²) in [4.78, 5) is 12.7. The normalized spacial score (nSPS) is 10.8. The molecule has 0 aliphatic heterocycles. The molecule has 0 radical (unpaired) electrons. The van der Waals surface area contributed by atoms with E-state index in [1.54, 1.807) is 25.6 Å². The van der Waals surface area contributed by atoms with E-state index in [2.05, 4.69) is 15.0 Å². The van der Waals surface area contributed by atoms with Gasteiger partial charge in [0.2, 0.25) is 5.88 Å². The van der Waals surface area contributed by atoms with Gasteiger partial charge in [-0.25, -0.2) is 15.0 Å². The smallest absolute Gasteiger partial charge is 0.213 e. The van der Waals surface area contributed by atoms with Crippen molar-refractivity contribution in [1.82, 2.24) is 15.0 Å². The number of aryl methyl sites for hydroxylation is 1. The first-order valence-electron chi connectivity index (χ1n) is 6.41. The van der Waals surface area contributed by atoms with E-state index in [9.17, 15) is 0 Å². The predicted molar refractivity (Wildman–Crippen MR) is 82.9 cm³/mol. The minimum atomic E-state index is 0.421. The van der Waals surface area contributed by atoms with Crippen LogP contribution in [0.1, 0.15) is 5.56 Å². The Morgan fingerprint density at radius 2 is 1.86 bits per heavy atom. The van der Waals surface area contributed by atoms with Crippen LogP contribution >= 0.6 is 0 Å². The summed E-state index contributed by atoms with van der Waals surface area (Å²) in [6, 6.07) is 5.56. The van der Waals surface area contributed by atoms with E-state index in [-0.39, 0.29) is 0 Å². The Balaban J connectivity index is 2.25. The fourth-order valence-corrected chi connectivity index (χ4v) is 2.22. The quantitative estimate of drug-likeness (QED) is 0.746. The number of anilines is 2. The van der Waals surface area contributed by atoms with Gasteiger partial charge < -0.3 is 16.2 Å². The topological polar surface area (TPSA) is 99.9 Å². The third-order valence-corrected chi connectivity index (χ3v) is 3.33. The maximum atomic E-state index is 6.03. The molecule has 0 saturated heterocycles. The van der Waals surface area contributed by atoms with Crippen LogP contribution < -0.4 is 16.2 Å². The van der Waals surface area contributed by atoms with Crippen molar-refractivity contribution in [1.29, 1.82) is 0 Å². The van der Waals surface area contributed by atoms with Gasteiger partial charge in [-0.3, -0.25) is 0 Å². The molecule has 4 N–H and O–H groups in total. The van der Waals surface area contributed by atoms with Crippen molar-refractivity contribution in [2.24, 2.45) is 0 Å². The molecule has 6 nitrogen and oxygen atoms in total. The fraction of sp³-hybridized carbons (Fsp3) is 0.133. The van der Waals surface area contributed by atoms with E-state index < -0.39 is 0 Å². The van der Waals surface area contributed by atoms with Crippen molar-refractivity contribution >= 4 is 22.4 Å². The van der Waals surface area contributed by atoms with E-state index in [0.29, 0.717) is 17.5 Å². The van der Waals surface area contributed by atoms with E-state index in [0.717, 1.165) is 27.6 Å². The van der Waals surface area contributed by atoms with Crippen molar-refractivity contribution in [2.75, 3.05) is 18.6 Å². The van der Waals surface area contributed by atoms with Gasteiger partial charge in [-0.15, -0.1) is 0 Å². The van der Waals surface area contributed by atoms with Crippen LogP contribution in [-0.4, -0.2) is 22.1 Å². The van der Waals surface area contributed by atoms with Crippen molar-refractivity contribution in [2.45, 2.75) is 6.92 Å². The Labute approximate surface area is 121 Å². The maximum Gasteiger partial charge on any atom is 0.213 e. The molecule has 21 heavy (non-hydrogen) atoms. The molecule has 0 fully saturated rings. The maximum absolute atomic E-state index is 6.03. The lowest BCUT2D eigenvalue weighted by Crippen LogP contribution is -1.98. The van der Waals surface area contributed by atoms with E-state index >= 15 is 0 Å². The number of pyridine rings is 3. The molecule has 0 saturated carbocycles. The Kier molecular flexibility index (Phi) is 3.06. The Morgan fingerprint density at radius 1 is 1.05 bits per heavy atom. The van der Waals surface area contributed by atoms with Crippen LogP contribution in [0.3, 0.4) is 0 Å². The molecule has 0 unspecified atom stereocenters. The lowest BCUT2D eigenvalue weighted by Gasteiger charge is -2.10. The second-order valence-electron chi connectivity index (χ2n) is 4.76. The van der Waals surface area contributed by atoms with Gasteiger partial charge >= 0.3 is 0 Å². The lowest BCUT2D eigenvalue weighted by molar-refractivity contribution is 0.398. The third kappa shape index (κ3) is 2.31. The SMILES string of the molecule is COc1cc(-c2cc3cc(N)ncc3c(N)n2)c(C)cn1. The molecule has 0 atom stereocenters. The van der Waals surface area contributed by atoms with E-state index in [1.165, 1.54) is 0 Å². The van der Waals surface area contributed by atoms with Crippen LogP contribution in [0.15, 0.2) is 30.6 Å². The highest BCUT2D eigenvalue weighted by molar-refractivity contribution is 5.94. The number of nitrogens with zero attached hydrogens (tertiary/aromatic N) is 3. The van der Waals surface area contributed by atoms with Crippen molar-refractivity contribution in [3.8, 4) is 17.1 Å². The van der Waals surface area contributed by atoms with Gasteiger partial charge in [0.1, 0.15) is 11.6 Å². The Bertz CT molecular complexity index is 832. The summed E-state index contributed by atoms with van der Waals surface area (Å²) in [5.74, 6) is 1.40. The summed E-state index contributed by atoms with van der Waals surface area (Å²) >= 11 is 0. The second-order valence-corrected chi connectivity index (χ2v) is 4.76. The Hall–Kier alpha value is -2.89. The molecule has 3 rings (SSSR count). The second kappa shape index (κ2) is 4.90. The van der Waals surface area contributed by atoms with Crippen molar-refractivity contribution in [3.05, 3.63) is 36.2 Å². The first kappa shape index (κ1) is 13.1. The first-order valence-corrected chi connectivity index (χ1v) is 6.41. The van der Waals surface area contributed by atoms with Gasteiger partial charge in [0.05, 0.1) is 12.8 Å². The van der Waals surface area contributed by atoms with Gasteiger partial charge in [-0.05, 0) is 30.0 Å².